The standard InChI is InChI=1S/C17H16ClFN2O3/c1-20-17(23)11-4-5-12(18)14(9-11)21-16(22)8-10-3-6-15(24-2)13(19)7-10/h3-7,9H,8H2,1-2H3,(H,20,23)(H,21,22). The topological polar surface area (TPSA) is 67.4 Å². The zero-order chi connectivity index (χ0) is 17.7. The predicted octanol–water partition coefficient (Wildman–Crippen LogP) is 3.03. The van der Waals surface area contributed by atoms with Gasteiger partial charge in [-0.25, -0.2) is 4.39 Å². The SMILES string of the molecule is CNC(=O)c1ccc(Cl)c(NC(=O)Cc2ccc(OC)c(F)c2)c1. The quantitative estimate of drug-likeness (QED) is 0.871. The van der Waals surface area contributed by atoms with E-state index in [9.17, 15) is 14.0 Å². The minimum absolute atomic E-state index is 0.0402. The summed E-state index contributed by atoms with van der Waals surface area (Å²) >= 11 is 6.03. The highest BCUT2D eigenvalue weighted by atomic mass is 35.5. The van der Waals surface area contributed by atoms with Gasteiger partial charge in [0, 0.05) is 12.6 Å². The summed E-state index contributed by atoms with van der Waals surface area (Å²) in [5.41, 5.74) is 1.17. The summed E-state index contributed by atoms with van der Waals surface area (Å²) in [5, 5.41) is 5.41. The molecule has 0 aliphatic rings. The molecule has 0 saturated heterocycles. The van der Waals surface area contributed by atoms with Crippen molar-refractivity contribution in [3.8, 4) is 5.75 Å². The van der Waals surface area contributed by atoms with Gasteiger partial charge in [0.05, 0.1) is 24.2 Å². The Balaban J connectivity index is 2.12. The number of benzene rings is 2. The Hall–Kier alpha value is -2.60. The Morgan fingerprint density at radius 2 is 1.96 bits per heavy atom. The number of methoxy groups -OCH3 is 1. The highest BCUT2D eigenvalue weighted by Gasteiger charge is 2.12. The molecular formula is C17H16ClFN2O3. The molecule has 0 radical (unpaired) electrons. The average molecular weight is 351 g/mol. The van der Waals surface area contributed by atoms with Crippen LogP contribution in [-0.4, -0.2) is 26.0 Å². The maximum absolute atomic E-state index is 13.7. The molecule has 2 amide bonds. The van der Waals surface area contributed by atoms with Crippen LogP contribution in [0.15, 0.2) is 36.4 Å². The number of anilines is 1. The monoisotopic (exact) mass is 350 g/mol. The molecule has 24 heavy (non-hydrogen) atoms. The molecule has 5 nitrogen and oxygen atoms in total. The minimum atomic E-state index is -0.539. The van der Waals surface area contributed by atoms with Crippen molar-refractivity contribution in [3.05, 3.63) is 58.4 Å². The van der Waals surface area contributed by atoms with Crippen molar-refractivity contribution >= 4 is 29.1 Å². The molecule has 2 aromatic rings. The van der Waals surface area contributed by atoms with E-state index in [2.05, 4.69) is 10.6 Å². The fourth-order valence-corrected chi connectivity index (χ4v) is 2.27. The van der Waals surface area contributed by atoms with Crippen LogP contribution < -0.4 is 15.4 Å². The molecule has 0 aromatic heterocycles. The second-order valence-corrected chi connectivity index (χ2v) is 5.37. The van der Waals surface area contributed by atoms with E-state index in [0.717, 1.165) is 0 Å². The van der Waals surface area contributed by atoms with E-state index in [1.807, 2.05) is 0 Å². The van der Waals surface area contributed by atoms with Crippen LogP contribution in [0.25, 0.3) is 0 Å². The lowest BCUT2D eigenvalue weighted by atomic mass is 10.1. The summed E-state index contributed by atoms with van der Waals surface area (Å²) in [6.07, 6.45) is -0.0402. The first kappa shape index (κ1) is 17.7. The number of hydrogen-bond acceptors (Lipinski definition) is 3. The number of carbonyl (C=O) groups excluding carboxylic acids is 2. The van der Waals surface area contributed by atoms with E-state index in [-0.39, 0.29) is 24.0 Å². The van der Waals surface area contributed by atoms with Gasteiger partial charge in [-0.2, -0.15) is 0 Å². The second kappa shape index (κ2) is 7.79. The van der Waals surface area contributed by atoms with Crippen molar-refractivity contribution < 1.29 is 18.7 Å². The van der Waals surface area contributed by atoms with E-state index in [1.54, 1.807) is 12.1 Å². The molecule has 2 N–H and O–H groups in total. The van der Waals surface area contributed by atoms with E-state index in [1.165, 1.54) is 38.4 Å². The molecule has 126 valence electrons. The van der Waals surface area contributed by atoms with Crippen LogP contribution in [-0.2, 0) is 11.2 Å². The van der Waals surface area contributed by atoms with Crippen LogP contribution >= 0.6 is 11.6 Å². The van der Waals surface area contributed by atoms with Crippen molar-refractivity contribution in [1.29, 1.82) is 0 Å². The second-order valence-electron chi connectivity index (χ2n) is 4.97. The fraction of sp³-hybridized carbons (Fsp3) is 0.176. The first-order valence-electron chi connectivity index (χ1n) is 7.08. The molecule has 0 heterocycles. The number of amides is 2. The van der Waals surface area contributed by atoms with Crippen LogP contribution in [0.4, 0.5) is 10.1 Å². The average Bonchev–Trinajstić information content (AvgIpc) is 2.56. The Morgan fingerprint density at radius 1 is 1.21 bits per heavy atom. The highest BCUT2D eigenvalue weighted by molar-refractivity contribution is 6.33. The van der Waals surface area contributed by atoms with Gasteiger partial charge in [0.15, 0.2) is 11.6 Å². The van der Waals surface area contributed by atoms with Gasteiger partial charge in [0.1, 0.15) is 0 Å². The number of ether oxygens (including phenoxy) is 1. The molecule has 0 bridgehead atoms. The molecule has 0 atom stereocenters. The van der Waals surface area contributed by atoms with Gasteiger partial charge in [-0.3, -0.25) is 9.59 Å². The maximum Gasteiger partial charge on any atom is 0.251 e. The third-order valence-electron chi connectivity index (χ3n) is 3.31. The predicted molar refractivity (Wildman–Crippen MR) is 90.1 cm³/mol. The van der Waals surface area contributed by atoms with Crippen LogP contribution in [0.1, 0.15) is 15.9 Å². The zero-order valence-corrected chi connectivity index (χ0v) is 13.9. The van der Waals surface area contributed by atoms with E-state index >= 15 is 0 Å². The molecule has 0 unspecified atom stereocenters. The Kier molecular flexibility index (Phi) is 5.76. The summed E-state index contributed by atoms with van der Waals surface area (Å²) < 4.78 is 18.5. The number of rotatable bonds is 5. The molecule has 7 heteroatoms. The Labute approximate surface area is 143 Å². The lowest BCUT2D eigenvalue weighted by Crippen LogP contribution is -2.19. The number of nitrogens with one attached hydrogen (secondary N) is 2. The van der Waals surface area contributed by atoms with Gasteiger partial charge < -0.3 is 15.4 Å². The largest absolute Gasteiger partial charge is 0.494 e. The van der Waals surface area contributed by atoms with Gasteiger partial charge >= 0.3 is 0 Å². The fourth-order valence-electron chi connectivity index (χ4n) is 2.11. The van der Waals surface area contributed by atoms with Gasteiger partial charge in [-0.05, 0) is 35.9 Å². The number of carbonyl (C=O) groups is 2. The molecule has 2 rings (SSSR count). The zero-order valence-electron chi connectivity index (χ0n) is 13.2. The molecule has 0 aliphatic carbocycles. The Morgan fingerprint density at radius 3 is 2.58 bits per heavy atom. The molecule has 0 fully saturated rings. The van der Waals surface area contributed by atoms with Crippen LogP contribution in [0.5, 0.6) is 5.75 Å². The Bertz CT molecular complexity index is 780. The van der Waals surface area contributed by atoms with Gasteiger partial charge in [0.2, 0.25) is 5.91 Å². The van der Waals surface area contributed by atoms with Crippen molar-refractivity contribution in [1.82, 2.24) is 5.32 Å². The molecular weight excluding hydrogens is 335 g/mol. The number of halogens is 2. The van der Waals surface area contributed by atoms with Crippen molar-refractivity contribution in [2.75, 3.05) is 19.5 Å². The van der Waals surface area contributed by atoms with E-state index in [0.29, 0.717) is 21.8 Å². The van der Waals surface area contributed by atoms with Crippen molar-refractivity contribution in [2.24, 2.45) is 0 Å². The lowest BCUT2D eigenvalue weighted by Gasteiger charge is -2.10. The van der Waals surface area contributed by atoms with Gasteiger partial charge in [-0.1, -0.05) is 17.7 Å². The van der Waals surface area contributed by atoms with Crippen LogP contribution in [0.3, 0.4) is 0 Å². The molecule has 0 aliphatic heterocycles. The minimum Gasteiger partial charge on any atom is -0.494 e. The highest BCUT2D eigenvalue weighted by Crippen LogP contribution is 2.24. The van der Waals surface area contributed by atoms with Crippen LogP contribution in [0, 0.1) is 5.82 Å². The van der Waals surface area contributed by atoms with Crippen molar-refractivity contribution in [2.45, 2.75) is 6.42 Å². The summed E-state index contributed by atoms with van der Waals surface area (Å²) in [7, 11) is 2.87. The normalized spacial score (nSPS) is 10.2. The lowest BCUT2D eigenvalue weighted by molar-refractivity contribution is -0.115. The summed E-state index contributed by atoms with van der Waals surface area (Å²) in [4.78, 5) is 23.8. The molecule has 2 aromatic carbocycles. The van der Waals surface area contributed by atoms with E-state index < -0.39 is 5.82 Å². The third kappa shape index (κ3) is 4.23. The number of hydrogen-bond donors (Lipinski definition) is 2. The molecule has 0 spiro atoms. The summed E-state index contributed by atoms with van der Waals surface area (Å²) in [6, 6.07) is 8.85. The first-order valence-corrected chi connectivity index (χ1v) is 7.46. The smallest absolute Gasteiger partial charge is 0.251 e. The molecule has 0 saturated carbocycles. The van der Waals surface area contributed by atoms with Crippen LogP contribution in [0.2, 0.25) is 5.02 Å². The maximum atomic E-state index is 13.7. The van der Waals surface area contributed by atoms with Gasteiger partial charge in [0.25, 0.3) is 5.91 Å². The first-order chi connectivity index (χ1) is 11.4. The van der Waals surface area contributed by atoms with E-state index in [4.69, 9.17) is 16.3 Å². The summed E-state index contributed by atoms with van der Waals surface area (Å²) in [6.45, 7) is 0. The van der Waals surface area contributed by atoms with Crippen molar-refractivity contribution in [3.63, 3.8) is 0 Å². The summed E-state index contributed by atoms with van der Waals surface area (Å²) in [5.74, 6) is -1.10. The van der Waals surface area contributed by atoms with Gasteiger partial charge in [-0.15, -0.1) is 0 Å². The third-order valence-corrected chi connectivity index (χ3v) is 3.64.